The van der Waals surface area contributed by atoms with E-state index in [0.29, 0.717) is 12.3 Å². The summed E-state index contributed by atoms with van der Waals surface area (Å²) in [6, 6.07) is 0. The number of aliphatic hydroxyl groups excluding tert-OH is 1. The van der Waals surface area contributed by atoms with Gasteiger partial charge in [0.2, 0.25) is 0 Å². The number of carbonyl (C=O) groups excluding carboxylic acids is 2. The van der Waals surface area contributed by atoms with E-state index in [1.807, 2.05) is 41.5 Å². The maximum Gasteiger partial charge on any atom is 0.311 e. The summed E-state index contributed by atoms with van der Waals surface area (Å²) in [5, 5.41) is 9.57. The number of hydrogen-bond donors (Lipinski definition) is 1. The molecule has 1 aliphatic carbocycles. The zero-order valence-electron chi connectivity index (χ0n) is 16.3. The predicted molar refractivity (Wildman–Crippen MR) is 92.2 cm³/mol. The standard InChI is InChI=1S/C19H34O5/c1-13-8-19(9-14(13)10-20,11-23-15(21)17(2,3)4)12-24-16(22)18(5,6)7/h13-14,20H,8-12H2,1-7H3/t13-,14+/m1/s1. The Morgan fingerprint density at radius 2 is 1.38 bits per heavy atom. The van der Waals surface area contributed by atoms with Gasteiger partial charge < -0.3 is 14.6 Å². The van der Waals surface area contributed by atoms with E-state index in [9.17, 15) is 14.7 Å². The molecule has 0 aliphatic heterocycles. The Hall–Kier alpha value is -1.10. The molecule has 5 nitrogen and oxygen atoms in total. The van der Waals surface area contributed by atoms with Gasteiger partial charge in [0.05, 0.1) is 10.8 Å². The fourth-order valence-corrected chi connectivity index (χ4v) is 3.08. The van der Waals surface area contributed by atoms with Crippen LogP contribution in [0.3, 0.4) is 0 Å². The zero-order valence-corrected chi connectivity index (χ0v) is 16.3. The van der Waals surface area contributed by atoms with Crippen molar-refractivity contribution in [3.8, 4) is 0 Å². The number of rotatable bonds is 5. The van der Waals surface area contributed by atoms with Crippen molar-refractivity contribution in [2.24, 2.45) is 28.1 Å². The normalized spacial score (nSPS) is 23.8. The number of hydrogen-bond acceptors (Lipinski definition) is 5. The van der Waals surface area contributed by atoms with Crippen LogP contribution >= 0.6 is 0 Å². The van der Waals surface area contributed by atoms with Crippen molar-refractivity contribution in [2.75, 3.05) is 19.8 Å². The molecule has 0 aromatic rings. The van der Waals surface area contributed by atoms with Crippen LogP contribution in [0.4, 0.5) is 0 Å². The van der Waals surface area contributed by atoms with Gasteiger partial charge in [0.1, 0.15) is 13.2 Å². The molecule has 0 aromatic carbocycles. The van der Waals surface area contributed by atoms with E-state index in [0.717, 1.165) is 6.42 Å². The van der Waals surface area contributed by atoms with Gasteiger partial charge in [0, 0.05) is 12.0 Å². The Kier molecular flexibility index (Phi) is 6.48. The Labute approximate surface area is 146 Å². The monoisotopic (exact) mass is 342 g/mol. The van der Waals surface area contributed by atoms with Gasteiger partial charge in [0.25, 0.3) is 0 Å². The van der Waals surface area contributed by atoms with Crippen LogP contribution in [-0.2, 0) is 19.1 Å². The topological polar surface area (TPSA) is 72.8 Å². The van der Waals surface area contributed by atoms with Crippen LogP contribution in [0.15, 0.2) is 0 Å². The minimum absolute atomic E-state index is 0.101. The summed E-state index contributed by atoms with van der Waals surface area (Å²) in [6.07, 6.45) is 1.46. The van der Waals surface area contributed by atoms with Gasteiger partial charge >= 0.3 is 11.9 Å². The summed E-state index contributed by atoms with van der Waals surface area (Å²) in [7, 11) is 0. The van der Waals surface area contributed by atoms with Crippen LogP contribution in [0.5, 0.6) is 0 Å². The molecule has 0 bridgehead atoms. The van der Waals surface area contributed by atoms with Gasteiger partial charge in [0.15, 0.2) is 0 Å². The average Bonchev–Trinajstić information content (AvgIpc) is 2.77. The van der Waals surface area contributed by atoms with Gasteiger partial charge in [-0.25, -0.2) is 0 Å². The molecule has 1 fully saturated rings. The van der Waals surface area contributed by atoms with E-state index in [-0.39, 0.29) is 37.7 Å². The van der Waals surface area contributed by atoms with Crippen molar-refractivity contribution < 1.29 is 24.2 Å². The second-order valence-corrected chi connectivity index (χ2v) is 9.48. The fraction of sp³-hybridized carbons (Fsp3) is 0.895. The van der Waals surface area contributed by atoms with Crippen molar-refractivity contribution in [1.82, 2.24) is 0 Å². The third kappa shape index (κ3) is 5.47. The van der Waals surface area contributed by atoms with Crippen LogP contribution in [0, 0.1) is 28.1 Å². The van der Waals surface area contributed by atoms with Crippen LogP contribution in [0.1, 0.15) is 61.3 Å². The maximum absolute atomic E-state index is 12.1. The molecular weight excluding hydrogens is 308 g/mol. The fourth-order valence-electron chi connectivity index (χ4n) is 3.08. The second kappa shape index (κ2) is 7.42. The van der Waals surface area contributed by atoms with Crippen molar-refractivity contribution in [1.29, 1.82) is 0 Å². The molecule has 0 amide bonds. The van der Waals surface area contributed by atoms with Crippen LogP contribution in [0.2, 0.25) is 0 Å². The SMILES string of the molecule is C[C@@H]1CC(COC(=O)C(C)(C)C)(COC(=O)C(C)(C)C)C[C@H]1CO. The molecule has 140 valence electrons. The predicted octanol–water partition coefficient (Wildman–Crippen LogP) is 3.19. The lowest BCUT2D eigenvalue weighted by Crippen LogP contribution is -2.36. The van der Waals surface area contributed by atoms with E-state index in [2.05, 4.69) is 6.92 Å². The Balaban J connectivity index is 2.82. The number of esters is 2. The van der Waals surface area contributed by atoms with E-state index < -0.39 is 16.2 Å². The highest BCUT2D eigenvalue weighted by Gasteiger charge is 2.46. The smallest absolute Gasteiger partial charge is 0.311 e. The lowest BCUT2D eigenvalue weighted by molar-refractivity contribution is -0.164. The molecule has 1 saturated carbocycles. The highest BCUT2D eigenvalue weighted by molar-refractivity contribution is 5.76. The minimum atomic E-state index is -0.566. The minimum Gasteiger partial charge on any atom is -0.465 e. The molecule has 0 spiro atoms. The van der Waals surface area contributed by atoms with E-state index >= 15 is 0 Å². The van der Waals surface area contributed by atoms with E-state index in [1.54, 1.807) is 0 Å². The van der Waals surface area contributed by atoms with Crippen molar-refractivity contribution in [3.05, 3.63) is 0 Å². The molecule has 0 saturated heterocycles. The summed E-state index contributed by atoms with van der Waals surface area (Å²) in [5.41, 5.74) is -1.54. The van der Waals surface area contributed by atoms with Crippen LogP contribution in [-0.4, -0.2) is 36.9 Å². The molecule has 0 unspecified atom stereocenters. The third-order valence-corrected chi connectivity index (χ3v) is 4.73. The van der Waals surface area contributed by atoms with Crippen molar-refractivity contribution >= 4 is 11.9 Å². The van der Waals surface area contributed by atoms with Crippen LogP contribution < -0.4 is 0 Å². The summed E-state index contributed by atoms with van der Waals surface area (Å²) in [6.45, 7) is 13.5. The lowest BCUT2D eigenvalue weighted by Gasteiger charge is -2.31. The molecular formula is C19H34O5. The number of carbonyl (C=O) groups is 2. The van der Waals surface area contributed by atoms with E-state index in [4.69, 9.17) is 9.47 Å². The first-order valence-electron chi connectivity index (χ1n) is 8.76. The van der Waals surface area contributed by atoms with Gasteiger partial charge in [-0.15, -0.1) is 0 Å². The first kappa shape index (κ1) is 20.9. The van der Waals surface area contributed by atoms with Gasteiger partial charge in [-0.1, -0.05) is 6.92 Å². The molecule has 0 aromatic heterocycles. The Bertz CT molecular complexity index is 425. The largest absolute Gasteiger partial charge is 0.465 e. The zero-order chi connectivity index (χ0) is 18.8. The van der Waals surface area contributed by atoms with Gasteiger partial charge in [-0.2, -0.15) is 0 Å². The maximum atomic E-state index is 12.1. The molecule has 0 radical (unpaired) electrons. The third-order valence-electron chi connectivity index (χ3n) is 4.73. The Morgan fingerprint density at radius 3 is 1.67 bits per heavy atom. The molecule has 1 N–H and O–H groups in total. The summed E-state index contributed by atoms with van der Waals surface area (Å²) in [5.74, 6) is -0.0726. The number of ether oxygens (including phenoxy) is 2. The first-order valence-corrected chi connectivity index (χ1v) is 8.76. The van der Waals surface area contributed by atoms with Crippen molar-refractivity contribution in [2.45, 2.75) is 61.3 Å². The highest BCUT2D eigenvalue weighted by Crippen LogP contribution is 2.46. The Morgan fingerprint density at radius 1 is 0.958 bits per heavy atom. The summed E-state index contributed by atoms with van der Waals surface area (Å²) >= 11 is 0. The summed E-state index contributed by atoms with van der Waals surface area (Å²) < 4.78 is 11.1. The highest BCUT2D eigenvalue weighted by atomic mass is 16.5. The quantitative estimate of drug-likeness (QED) is 0.777. The van der Waals surface area contributed by atoms with Gasteiger partial charge in [-0.05, 0) is 66.2 Å². The van der Waals surface area contributed by atoms with Crippen molar-refractivity contribution in [3.63, 3.8) is 0 Å². The van der Waals surface area contributed by atoms with Crippen LogP contribution in [0.25, 0.3) is 0 Å². The first-order chi connectivity index (χ1) is 10.8. The molecule has 5 heteroatoms. The molecule has 24 heavy (non-hydrogen) atoms. The van der Waals surface area contributed by atoms with Gasteiger partial charge in [-0.3, -0.25) is 9.59 Å². The summed E-state index contributed by atoms with van der Waals surface area (Å²) in [4.78, 5) is 24.2. The molecule has 1 aliphatic rings. The number of aliphatic hydroxyl groups is 1. The lowest BCUT2D eigenvalue weighted by atomic mass is 9.86. The molecule has 2 atom stereocenters. The molecule has 1 rings (SSSR count). The average molecular weight is 342 g/mol. The molecule has 0 heterocycles. The second-order valence-electron chi connectivity index (χ2n) is 9.48. The van der Waals surface area contributed by atoms with E-state index in [1.165, 1.54) is 0 Å².